The smallest absolute Gasteiger partial charge is 0.263 e. The average molecular weight is 380 g/mol. The standard InChI is InChI=1S/C18H22ClN3O2S/c1-13-17(25-16(21-13)12-22-7-9-24-10-8-22)18(23)20-6-5-14-3-2-4-15(19)11-14/h2-4,11H,5-10,12H2,1H3,(H,20,23). The van der Waals surface area contributed by atoms with Crippen molar-refractivity contribution >= 4 is 28.8 Å². The number of hydrogen-bond donors (Lipinski definition) is 1. The van der Waals surface area contributed by atoms with Crippen molar-refractivity contribution in [1.29, 1.82) is 0 Å². The second-order valence-corrected chi connectivity index (χ2v) is 7.57. The van der Waals surface area contributed by atoms with E-state index < -0.39 is 0 Å². The number of benzene rings is 1. The summed E-state index contributed by atoms with van der Waals surface area (Å²) in [7, 11) is 0. The highest BCUT2D eigenvalue weighted by Crippen LogP contribution is 2.20. The van der Waals surface area contributed by atoms with E-state index in [1.165, 1.54) is 11.3 Å². The van der Waals surface area contributed by atoms with Gasteiger partial charge in [0.1, 0.15) is 9.88 Å². The maximum Gasteiger partial charge on any atom is 0.263 e. The molecule has 1 amide bonds. The van der Waals surface area contributed by atoms with Crippen LogP contribution in [0.25, 0.3) is 0 Å². The van der Waals surface area contributed by atoms with Crippen molar-refractivity contribution < 1.29 is 9.53 Å². The van der Waals surface area contributed by atoms with Crippen LogP contribution in [-0.4, -0.2) is 48.6 Å². The first-order chi connectivity index (χ1) is 12.1. The molecule has 0 saturated carbocycles. The minimum absolute atomic E-state index is 0.0507. The zero-order chi connectivity index (χ0) is 17.6. The van der Waals surface area contributed by atoms with Crippen LogP contribution in [0.15, 0.2) is 24.3 Å². The van der Waals surface area contributed by atoms with Crippen LogP contribution < -0.4 is 5.32 Å². The van der Waals surface area contributed by atoms with E-state index in [9.17, 15) is 4.79 Å². The molecule has 0 unspecified atom stereocenters. The number of carbonyl (C=O) groups excluding carboxylic acids is 1. The molecule has 1 aliphatic heterocycles. The Morgan fingerprint density at radius 1 is 1.40 bits per heavy atom. The lowest BCUT2D eigenvalue weighted by atomic mass is 10.1. The van der Waals surface area contributed by atoms with Gasteiger partial charge in [-0.25, -0.2) is 4.98 Å². The molecule has 1 saturated heterocycles. The molecular weight excluding hydrogens is 358 g/mol. The van der Waals surface area contributed by atoms with Crippen LogP contribution in [0.4, 0.5) is 0 Å². The first kappa shape index (κ1) is 18.3. The van der Waals surface area contributed by atoms with Crippen LogP contribution in [0.1, 0.15) is 25.9 Å². The van der Waals surface area contributed by atoms with E-state index in [0.717, 1.165) is 60.6 Å². The van der Waals surface area contributed by atoms with Crippen molar-refractivity contribution in [1.82, 2.24) is 15.2 Å². The van der Waals surface area contributed by atoms with Crippen molar-refractivity contribution in [3.63, 3.8) is 0 Å². The monoisotopic (exact) mass is 379 g/mol. The Bertz CT molecular complexity index is 729. The molecule has 1 N–H and O–H groups in total. The molecule has 7 heteroatoms. The van der Waals surface area contributed by atoms with Crippen LogP contribution in [-0.2, 0) is 17.7 Å². The number of ether oxygens (including phenoxy) is 1. The zero-order valence-electron chi connectivity index (χ0n) is 14.3. The van der Waals surface area contributed by atoms with E-state index in [2.05, 4.69) is 15.2 Å². The van der Waals surface area contributed by atoms with Gasteiger partial charge in [0.25, 0.3) is 5.91 Å². The van der Waals surface area contributed by atoms with Crippen molar-refractivity contribution in [2.45, 2.75) is 19.9 Å². The number of halogens is 1. The first-order valence-electron chi connectivity index (χ1n) is 8.41. The Labute approximate surface area is 157 Å². The summed E-state index contributed by atoms with van der Waals surface area (Å²) in [5, 5.41) is 4.68. The molecule has 0 radical (unpaired) electrons. The third-order valence-corrected chi connectivity index (χ3v) is 5.47. The van der Waals surface area contributed by atoms with Crippen LogP contribution in [0.5, 0.6) is 0 Å². The molecule has 1 fully saturated rings. The number of aromatic nitrogens is 1. The van der Waals surface area contributed by atoms with Gasteiger partial charge < -0.3 is 10.1 Å². The Balaban J connectivity index is 1.53. The lowest BCUT2D eigenvalue weighted by molar-refractivity contribution is 0.0341. The number of nitrogens with one attached hydrogen (secondary N) is 1. The number of amides is 1. The van der Waals surface area contributed by atoms with E-state index in [1.54, 1.807) is 0 Å². The molecule has 0 spiro atoms. The topological polar surface area (TPSA) is 54.5 Å². The second kappa shape index (κ2) is 8.76. The highest BCUT2D eigenvalue weighted by molar-refractivity contribution is 7.13. The molecule has 2 aromatic rings. The number of aryl methyl sites for hydroxylation is 1. The number of rotatable bonds is 6. The number of carbonyl (C=O) groups is 1. The summed E-state index contributed by atoms with van der Waals surface area (Å²) in [6.07, 6.45) is 0.755. The van der Waals surface area contributed by atoms with E-state index in [0.29, 0.717) is 11.4 Å². The molecule has 3 rings (SSSR count). The van der Waals surface area contributed by atoms with Gasteiger partial charge in [-0.2, -0.15) is 0 Å². The molecule has 1 aliphatic rings. The minimum atomic E-state index is -0.0507. The van der Waals surface area contributed by atoms with Crippen molar-refractivity contribution in [3.05, 3.63) is 50.4 Å². The predicted octanol–water partition coefficient (Wildman–Crippen LogP) is 2.91. The Morgan fingerprint density at radius 3 is 2.96 bits per heavy atom. The van der Waals surface area contributed by atoms with Crippen molar-refractivity contribution in [2.24, 2.45) is 0 Å². The van der Waals surface area contributed by atoms with E-state index in [-0.39, 0.29) is 5.91 Å². The van der Waals surface area contributed by atoms with Crippen LogP contribution >= 0.6 is 22.9 Å². The number of thiazole rings is 1. The molecule has 0 bridgehead atoms. The summed E-state index contributed by atoms with van der Waals surface area (Å²) in [5.74, 6) is -0.0507. The van der Waals surface area contributed by atoms with Gasteiger partial charge in [-0.05, 0) is 31.0 Å². The molecule has 1 aromatic heterocycles. The van der Waals surface area contributed by atoms with E-state index >= 15 is 0 Å². The quantitative estimate of drug-likeness (QED) is 0.838. The van der Waals surface area contributed by atoms with Gasteiger partial charge in [-0.3, -0.25) is 9.69 Å². The summed E-state index contributed by atoms with van der Waals surface area (Å²) in [6, 6.07) is 7.70. The van der Waals surface area contributed by atoms with Crippen LogP contribution in [0, 0.1) is 6.92 Å². The molecule has 1 aromatic carbocycles. The van der Waals surface area contributed by atoms with Gasteiger partial charge in [0.15, 0.2) is 0 Å². The summed E-state index contributed by atoms with van der Waals surface area (Å²) >= 11 is 7.46. The summed E-state index contributed by atoms with van der Waals surface area (Å²) in [4.78, 5) is 20.0. The second-order valence-electron chi connectivity index (χ2n) is 6.05. The fourth-order valence-corrected chi connectivity index (χ4v) is 4.01. The molecule has 0 atom stereocenters. The van der Waals surface area contributed by atoms with Gasteiger partial charge in [0.2, 0.25) is 0 Å². The number of nitrogens with zero attached hydrogens (tertiary/aromatic N) is 2. The molecule has 134 valence electrons. The predicted molar refractivity (Wildman–Crippen MR) is 100 cm³/mol. The average Bonchev–Trinajstić information content (AvgIpc) is 2.96. The molecule has 2 heterocycles. The largest absolute Gasteiger partial charge is 0.379 e. The van der Waals surface area contributed by atoms with Gasteiger partial charge in [0, 0.05) is 24.7 Å². The summed E-state index contributed by atoms with van der Waals surface area (Å²) in [6.45, 7) is 6.62. The van der Waals surface area contributed by atoms with Gasteiger partial charge in [-0.1, -0.05) is 23.7 Å². The van der Waals surface area contributed by atoms with Gasteiger partial charge >= 0.3 is 0 Å². The third kappa shape index (κ3) is 5.25. The molecular formula is C18H22ClN3O2S. The van der Waals surface area contributed by atoms with Crippen LogP contribution in [0.3, 0.4) is 0 Å². The van der Waals surface area contributed by atoms with E-state index in [1.807, 2.05) is 31.2 Å². The maximum atomic E-state index is 12.4. The highest BCUT2D eigenvalue weighted by atomic mass is 35.5. The third-order valence-electron chi connectivity index (χ3n) is 4.10. The Morgan fingerprint density at radius 2 is 2.20 bits per heavy atom. The lowest BCUT2D eigenvalue weighted by Crippen LogP contribution is -2.35. The summed E-state index contributed by atoms with van der Waals surface area (Å²) in [5.41, 5.74) is 1.91. The zero-order valence-corrected chi connectivity index (χ0v) is 15.8. The maximum absolute atomic E-state index is 12.4. The van der Waals surface area contributed by atoms with Crippen molar-refractivity contribution in [2.75, 3.05) is 32.8 Å². The normalized spacial score (nSPS) is 15.3. The van der Waals surface area contributed by atoms with E-state index in [4.69, 9.17) is 16.3 Å². The van der Waals surface area contributed by atoms with Crippen LogP contribution in [0.2, 0.25) is 5.02 Å². The van der Waals surface area contributed by atoms with Gasteiger partial charge in [0.05, 0.1) is 25.5 Å². The number of morpholine rings is 1. The van der Waals surface area contributed by atoms with Gasteiger partial charge in [-0.15, -0.1) is 11.3 Å². The lowest BCUT2D eigenvalue weighted by Gasteiger charge is -2.25. The molecule has 5 nitrogen and oxygen atoms in total. The molecule has 25 heavy (non-hydrogen) atoms. The van der Waals surface area contributed by atoms with Crippen molar-refractivity contribution in [3.8, 4) is 0 Å². The first-order valence-corrected chi connectivity index (χ1v) is 9.60. The molecule has 0 aliphatic carbocycles. The Kier molecular flexibility index (Phi) is 6.42. The number of hydrogen-bond acceptors (Lipinski definition) is 5. The Hall–Kier alpha value is -1.47. The highest BCUT2D eigenvalue weighted by Gasteiger charge is 2.18. The minimum Gasteiger partial charge on any atom is -0.379 e. The fourth-order valence-electron chi connectivity index (χ4n) is 2.77. The summed E-state index contributed by atoms with van der Waals surface area (Å²) < 4.78 is 5.36. The fraction of sp³-hybridized carbons (Fsp3) is 0.444. The SMILES string of the molecule is Cc1nc(CN2CCOCC2)sc1C(=O)NCCc1cccc(Cl)c1.